The molecule has 0 amide bonds. The van der Waals surface area contributed by atoms with Gasteiger partial charge >= 0.3 is 0 Å². The summed E-state index contributed by atoms with van der Waals surface area (Å²) in [6.07, 6.45) is 7.56. The summed E-state index contributed by atoms with van der Waals surface area (Å²) in [5, 5.41) is 17.2. The second kappa shape index (κ2) is 29.0. The molecule has 0 aliphatic rings. The molecule has 0 saturated heterocycles. The lowest BCUT2D eigenvalue weighted by atomic mass is 9.92. The molecule has 522 valence electrons. The number of rotatable bonds is 12. The van der Waals surface area contributed by atoms with E-state index in [0.29, 0.717) is 11.6 Å². The van der Waals surface area contributed by atoms with Crippen LogP contribution in [0.5, 0.6) is 0 Å². The first-order valence-electron chi connectivity index (χ1n) is 37.9. The van der Waals surface area contributed by atoms with Crippen molar-refractivity contribution in [2.75, 3.05) is 0 Å². The summed E-state index contributed by atoms with van der Waals surface area (Å²) in [6.45, 7) is 0. The van der Waals surface area contributed by atoms with E-state index in [-0.39, 0.29) is 0 Å². The van der Waals surface area contributed by atoms with E-state index in [1.54, 1.807) is 6.20 Å². The van der Waals surface area contributed by atoms with Crippen molar-refractivity contribution in [2.24, 2.45) is 0 Å². The predicted octanol–water partition coefficient (Wildman–Crippen LogP) is 27.8. The molecule has 0 aliphatic carbocycles. The fourth-order valence-corrected chi connectivity index (χ4v) is 15.9. The number of hydrogen-bond donors (Lipinski definition) is 0. The number of hydrogen-bond acceptors (Lipinski definition) is 6. The van der Waals surface area contributed by atoms with Crippen LogP contribution in [0.15, 0.2) is 413 Å². The molecule has 0 atom stereocenters. The highest BCUT2D eigenvalue weighted by molar-refractivity contribution is 6.15. The third-order valence-electron chi connectivity index (χ3n) is 21.7. The van der Waals surface area contributed by atoms with Gasteiger partial charge in [-0.15, -0.1) is 0 Å². The molecular weight excluding hydrogens is 1360 g/mol. The van der Waals surface area contributed by atoms with Crippen molar-refractivity contribution in [1.82, 2.24) is 29.9 Å². The van der Waals surface area contributed by atoms with Crippen molar-refractivity contribution in [2.45, 2.75) is 0 Å². The Balaban J connectivity index is 0.000000149. The topological polar surface area (TPSA) is 77.3 Å². The van der Waals surface area contributed by atoms with Gasteiger partial charge in [-0.2, -0.15) is 0 Å². The second-order valence-electron chi connectivity index (χ2n) is 28.6. The Morgan fingerprint density at radius 2 is 0.491 bits per heavy atom. The van der Waals surface area contributed by atoms with Gasteiger partial charge in [0.15, 0.2) is 11.6 Å². The molecule has 0 bridgehead atoms. The zero-order valence-electron chi connectivity index (χ0n) is 60.9. The van der Waals surface area contributed by atoms with E-state index in [9.17, 15) is 0 Å². The van der Waals surface area contributed by atoms with Gasteiger partial charge in [0.25, 0.3) is 0 Å². The fourth-order valence-electron chi connectivity index (χ4n) is 15.9. The van der Waals surface area contributed by atoms with Crippen LogP contribution < -0.4 is 0 Å². The molecule has 4 heterocycles. The summed E-state index contributed by atoms with van der Waals surface area (Å²) in [5.74, 6) is 1.37. The third kappa shape index (κ3) is 13.0. The van der Waals surface area contributed by atoms with Crippen molar-refractivity contribution < 1.29 is 0 Å². The van der Waals surface area contributed by atoms with Crippen molar-refractivity contribution in [1.29, 1.82) is 0 Å². The normalized spacial score (nSPS) is 11.4. The Morgan fingerprint density at radius 3 is 1.01 bits per heavy atom. The molecule has 0 N–H and O–H groups in total. The van der Waals surface area contributed by atoms with Crippen LogP contribution >= 0.6 is 0 Å². The van der Waals surface area contributed by atoms with Gasteiger partial charge in [0, 0.05) is 69.1 Å². The number of fused-ring (bicyclic) bond motifs is 9. The van der Waals surface area contributed by atoms with Gasteiger partial charge in [-0.05, 0) is 186 Å². The molecule has 112 heavy (non-hydrogen) atoms. The molecule has 17 aromatic carbocycles. The maximum atomic E-state index is 5.32. The third-order valence-corrected chi connectivity index (χ3v) is 21.7. The zero-order chi connectivity index (χ0) is 74.3. The molecular formula is C106H68N6. The largest absolute Gasteiger partial charge is 0.264 e. The maximum Gasteiger partial charge on any atom is 0.160 e. The first-order chi connectivity index (χ1) is 55.4. The lowest BCUT2D eigenvalue weighted by Crippen LogP contribution is -1.96. The van der Waals surface area contributed by atoms with Gasteiger partial charge in [-0.25, -0.2) is 19.9 Å². The van der Waals surface area contributed by atoms with Gasteiger partial charge in [-0.1, -0.05) is 334 Å². The van der Waals surface area contributed by atoms with Crippen LogP contribution in [-0.4, -0.2) is 29.9 Å². The van der Waals surface area contributed by atoms with Crippen LogP contribution in [0.1, 0.15) is 0 Å². The van der Waals surface area contributed by atoms with E-state index in [2.05, 4.69) is 392 Å². The van der Waals surface area contributed by atoms with Gasteiger partial charge in [0.2, 0.25) is 0 Å². The van der Waals surface area contributed by atoms with Crippen molar-refractivity contribution in [3.8, 4) is 135 Å². The van der Waals surface area contributed by atoms with E-state index in [0.717, 1.165) is 106 Å². The number of aromatic nitrogens is 6. The molecule has 0 spiro atoms. The molecule has 0 fully saturated rings. The minimum absolute atomic E-state index is 0.677. The monoisotopic (exact) mass is 1420 g/mol. The van der Waals surface area contributed by atoms with Crippen molar-refractivity contribution >= 4 is 75.4 Å². The Labute approximate surface area is 648 Å². The molecule has 4 aromatic heterocycles. The SMILES string of the molecule is c1cc(-c2cc(-c3ccc(-c4cncc5ccccc45)cc3)nc(-c3ccc(-c4cc5ccccc5c5ccccc45)cc3)n2)cc(-c2cc3ccccc3c3ccccc23)c1.c1cncc(-c2ccc(-c3cc(-c4cccc(-c5ccc6ccccc6c5)c4)nc(-c4ccc(-c5ccc6ccccc6c5)cc4)n3)cc2)c1. The minimum atomic E-state index is 0.677. The second-order valence-corrected chi connectivity index (χ2v) is 28.6. The minimum Gasteiger partial charge on any atom is -0.264 e. The van der Waals surface area contributed by atoms with Crippen LogP contribution in [-0.2, 0) is 0 Å². The molecule has 0 saturated carbocycles. The molecule has 6 heteroatoms. The van der Waals surface area contributed by atoms with Crippen LogP contribution in [0.2, 0.25) is 0 Å². The Bertz CT molecular complexity index is 7150. The standard InChI is InChI=1S/C59H37N3.C47H31N3/c1-4-17-47-43(12-1)33-54(52-22-9-7-20-50(47)52)38-26-30-41(31-27-38)59-61-57(40-28-24-39(25-29-40)56-37-60-36-46-14-3-6-19-49(46)56)35-58(62-59)45-16-11-15-42(32-45)55-34-44-13-2-5-18-48(44)51-21-8-10-23-53(51)55;1-3-9-38-27-41(24-18-32(38)7-1)34-16-22-37(23-17-34)47-49-45(36-20-14-35(15-21-36)44-13-6-26-48-31-44)30-46(50-47)43-12-5-11-40(29-43)42-25-19-33-8-2-4-10-39(33)28-42/h1-37H;1-31H. The summed E-state index contributed by atoms with van der Waals surface area (Å²) in [4.78, 5) is 29.8. The van der Waals surface area contributed by atoms with Gasteiger partial charge in [0.05, 0.1) is 22.8 Å². The van der Waals surface area contributed by atoms with E-state index >= 15 is 0 Å². The van der Waals surface area contributed by atoms with E-state index < -0.39 is 0 Å². The van der Waals surface area contributed by atoms with Gasteiger partial charge in [-0.3, -0.25) is 9.97 Å². The quantitative estimate of drug-likeness (QED) is 0.113. The summed E-state index contributed by atoms with van der Waals surface area (Å²) in [5.41, 5.74) is 23.3. The van der Waals surface area contributed by atoms with Crippen LogP contribution in [0, 0.1) is 0 Å². The average Bonchev–Trinajstić information content (AvgIpc) is 0.768. The Kier molecular flexibility index (Phi) is 17.2. The molecule has 0 unspecified atom stereocenters. The molecule has 0 aliphatic heterocycles. The van der Waals surface area contributed by atoms with Crippen LogP contribution in [0.3, 0.4) is 0 Å². The lowest BCUT2D eigenvalue weighted by molar-refractivity contribution is 1.18. The highest BCUT2D eigenvalue weighted by atomic mass is 14.9. The first-order valence-corrected chi connectivity index (χ1v) is 37.9. The predicted molar refractivity (Wildman–Crippen MR) is 467 cm³/mol. The van der Waals surface area contributed by atoms with E-state index in [4.69, 9.17) is 19.9 Å². The summed E-state index contributed by atoms with van der Waals surface area (Å²) < 4.78 is 0. The highest BCUT2D eigenvalue weighted by Gasteiger charge is 2.19. The summed E-state index contributed by atoms with van der Waals surface area (Å²) in [6, 6.07) is 138. The summed E-state index contributed by atoms with van der Waals surface area (Å²) in [7, 11) is 0. The highest BCUT2D eigenvalue weighted by Crippen LogP contribution is 2.41. The fraction of sp³-hybridized carbons (Fsp3) is 0. The molecule has 21 rings (SSSR count). The number of nitrogens with zero attached hydrogens (tertiary/aromatic N) is 6. The lowest BCUT2D eigenvalue weighted by Gasteiger charge is -2.14. The first kappa shape index (κ1) is 66.5. The maximum absolute atomic E-state index is 5.32. The number of pyridine rings is 2. The smallest absolute Gasteiger partial charge is 0.160 e. The summed E-state index contributed by atoms with van der Waals surface area (Å²) >= 11 is 0. The zero-order valence-corrected chi connectivity index (χ0v) is 60.9. The average molecular weight is 1430 g/mol. The van der Waals surface area contributed by atoms with Gasteiger partial charge in [0.1, 0.15) is 0 Å². The van der Waals surface area contributed by atoms with Crippen LogP contribution in [0.4, 0.5) is 0 Å². The van der Waals surface area contributed by atoms with E-state index in [1.807, 2.05) is 24.7 Å². The Hall–Kier alpha value is -15.0. The number of benzene rings is 17. The van der Waals surface area contributed by atoms with Crippen molar-refractivity contribution in [3.63, 3.8) is 0 Å². The molecule has 6 nitrogen and oxygen atoms in total. The molecule has 21 aromatic rings. The van der Waals surface area contributed by atoms with Crippen molar-refractivity contribution in [3.05, 3.63) is 413 Å². The Morgan fingerprint density at radius 1 is 0.143 bits per heavy atom. The molecule has 0 radical (unpaired) electrons. The van der Waals surface area contributed by atoms with Crippen LogP contribution in [0.25, 0.3) is 210 Å². The van der Waals surface area contributed by atoms with E-state index in [1.165, 1.54) is 92.3 Å². The van der Waals surface area contributed by atoms with Gasteiger partial charge < -0.3 is 0 Å².